The van der Waals surface area contributed by atoms with Crippen molar-refractivity contribution >= 4 is 62.3 Å². The average Bonchev–Trinajstić information content (AvgIpc) is 2.37. The number of hydrogen-bond donors (Lipinski definition) is 1. The summed E-state index contributed by atoms with van der Waals surface area (Å²) in [7, 11) is 0. The van der Waals surface area contributed by atoms with Crippen LogP contribution in [0, 0.1) is 0 Å². The number of carbonyl (C=O) groups is 1. The Morgan fingerprint density at radius 2 is 1.63 bits per heavy atom. The van der Waals surface area contributed by atoms with Gasteiger partial charge in [-0.1, -0.05) is 50.7 Å². The van der Waals surface area contributed by atoms with Gasteiger partial charge in [0, 0.05) is 10.0 Å². The van der Waals surface area contributed by atoms with E-state index < -0.39 is 0 Å². The van der Waals surface area contributed by atoms with Crippen LogP contribution in [-0.4, -0.2) is 5.91 Å². The molecule has 2 rings (SSSR count). The van der Waals surface area contributed by atoms with Crippen molar-refractivity contribution < 1.29 is 4.79 Å². The Morgan fingerprint density at radius 3 is 2.32 bits per heavy atom. The van der Waals surface area contributed by atoms with E-state index in [-0.39, 0.29) is 5.91 Å². The molecule has 0 radical (unpaired) electrons. The smallest absolute Gasteiger partial charge is 0.255 e. The van der Waals surface area contributed by atoms with Crippen molar-refractivity contribution in [3.8, 4) is 0 Å². The summed E-state index contributed by atoms with van der Waals surface area (Å²) in [6.07, 6.45) is 0. The van der Waals surface area contributed by atoms with Crippen LogP contribution in [0.15, 0.2) is 40.9 Å². The van der Waals surface area contributed by atoms with Crippen LogP contribution in [0.2, 0.25) is 15.1 Å². The second-order valence-corrected chi connectivity index (χ2v) is 5.84. The van der Waals surface area contributed by atoms with Crippen molar-refractivity contribution in [3.63, 3.8) is 0 Å². The molecule has 6 heteroatoms. The Labute approximate surface area is 133 Å². The zero-order valence-electron chi connectivity index (χ0n) is 9.38. The summed E-state index contributed by atoms with van der Waals surface area (Å²) in [5.41, 5.74) is 0.928. The van der Waals surface area contributed by atoms with Crippen molar-refractivity contribution in [3.05, 3.63) is 61.5 Å². The van der Waals surface area contributed by atoms with E-state index in [1.165, 1.54) is 6.07 Å². The molecule has 2 aromatic carbocycles. The van der Waals surface area contributed by atoms with Crippen LogP contribution in [0.1, 0.15) is 10.4 Å². The summed E-state index contributed by atoms with van der Waals surface area (Å²) in [4.78, 5) is 12.1. The highest BCUT2D eigenvalue weighted by Gasteiger charge is 2.10. The van der Waals surface area contributed by atoms with Crippen LogP contribution in [-0.2, 0) is 0 Å². The van der Waals surface area contributed by atoms with Gasteiger partial charge in [0.25, 0.3) is 5.91 Å². The number of amides is 1. The highest BCUT2D eigenvalue weighted by molar-refractivity contribution is 9.10. The normalized spacial score (nSPS) is 10.3. The first-order chi connectivity index (χ1) is 8.97. The number of hydrogen-bond acceptors (Lipinski definition) is 1. The fourth-order valence-corrected chi connectivity index (χ4v) is 2.25. The summed E-state index contributed by atoms with van der Waals surface area (Å²) in [5, 5.41) is 3.90. The van der Waals surface area contributed by atoms with Gasteiger partial charge in [-0.15, -0.1) is 0 Å². The van der Waals surface area contributed by atoms with Gasteiger partial charge in [0.05, 0.1) is 20.8 Å². The van der Waals surface area contributed by atoms with E-state index >= 15 is 0 Å². The number of rotatable bonds is 2. The van der Waals surface area contributed by atoms with Gasteiger partial charge >= 0.3 is 0 Å². The summed E-state index contributed by atoms with van der Waals surface area (Å²) in [6, 6.07) is 9.87. The Morgan fingerprint density at radius 1 is 0.947 bits per heavy atom. The molecule has 98 valence electrons. The highest BCUT2D eigenvalue weighted by atomic mass is 79.9. The van der Waals surface area contributed by atoms with Crippen LogP contribution >= 0.6 is 50.7 Å². The number of benzene rings is 2. The van der Waals surface area contributed by atoms with E-state index in [0.29, 0.717) is 26.3 Å². The van der Waals surface area contributed by atoms with Crippen LogP contribution in [0.25, 0.3) is 0 Å². The van der Waals surface area contributed by atoms with E-state index in [0.717, 1.165) is 4.47 Å². The molecule has 1 amide bonds. The van der Waals surface area contributed by atoms with Crippen LogP contribution in [0.4, 0.5) is 5.69 Å². The Bertz CT molecular complexity index is 646. The van der Waals surface area contributed by atoms with Crippen LogP contribution < -0.4 is 5.32 Å². The monoisotopic (exact) mass is 377 g/mol. The molecule has 2 nitrogen and oxygen atoms in total. The molecule has 0 aliphatic carbocycles. The molecule has 0 fully saturated rings. The lowest BCUT2D eigenvalue weighted by atomic mass is 10.2. The average molecular weight is 379 g/mol. The molecule has 2 aromatic rings. The molecule has 0 saturated heterocycles. The van der Waals surface area contributed by atoms with Gasteiger partial charge in [0.15, 0.2) is 0 Å². The molecular formula is C13H7BrCl3NO. The fourth-order valence-electron chi connectivity index (χ4n) is 1.43. The van der Waals surface area contributed by atoms with E-state index in [9.17, 15) is 4.79 Å². The van der Waals surface area contributed by atoms with Gasteiger partial charge in [-0.3, -0.25) is 4.79 Å². The highest BCUT2D eigenvalue weighted by Crippen LogP contribution is 2.27. The van der Waals surface area contributed by atoms with Gasteiger partial charge in [0.1, 0.15) is 0 Å². The van der Waals surface area contributed by atoms with Crippen molar-refractivity contribution in [2.24, 2.45) is 0 Å². The first kappa shape index (κ1) is 14.7. The molecular weight excluding hydrogens is 372 g/mol. The molecule has 0 spiro atoms. The van der Waals surface area contributed by atoms with Crippen molar-refractivity contribution in [2.45, 2.75) is 0 Å². The number of carbonyl (C=O) groups excluding carboxylic acids is 1. The molecule has 1 N–H and O–H groups in total. The van der Waals surface area contributed by atoms with Crippen LogP contribution in [0.5, 0.6) is 0 Å². The third-order valence-electron chi connectivity index (χ3n) is 2.36. The van der Waals surface area contributed by atoms with Gasteiger partial charge < -0.3 is 5.32 Å². The maximum atomic E-state index is 12.1. The molecule has 19 heavy (non-hydrogen) atoms. The Balaban J connectivity index is 2.25. The molecule has 0 atom stereocenters. The second kappa shape index (κ2) is 6.14. The maximum absolute atomic E-state index is 12.1. The fraction of sp³-hybridized carbons (Fsp3) is 0. The van der Waals surface area contributed by atoms with Gasteiger partial charge in [-0.2, -0.15) is 0 Å². The predicted molar refractivity (Wildman–Crippen MR) is 83.6 cm³/mol. The first-order valence-corrected chi connectivity index (χ1v) is 7.11. The third kappa shape index (κ3) is 3.63. The van der Waals surface area contributed by atoms with E-state index in [2.05, 4.69) is 21.2 Å². The maximum Gasteiger partial charge on any atom is 0.255 e. The minimum absolute atomic E-state index is 0.307. The van der Waals surface area contributed by atoms with Crippen molar-refractivity contribution in [2.75, 3.05) is 5.32 Å². The summed E-state index contributed by atoms with van der Waals surface area (Å²) in [6.45, 7) is 0. The third-order valence-corrected chi connectivity index (χ3v) is 3.92. The van der Waals surface area contributed by atoms with E-state index in [1.54, 1.807) is 30.3 Å². The molecule has 0 bridgehead atoms. The Hall–Kier alpha value is -0.740. The molecule has 0 unspecified atom stereocenters. The summed E-state index contributed by atoms with van der Waals surface area (Å²) < 4.78 is 0.821. The minimum atomic E-state index is -0.307. The number of anilines is 1. The molecule has 0 heterocycles. The molecule has 0 aromatic heterocycles. The topological polar surface area (TPSA) is 29.1 Å². The SMILES string of the molecule is O=C(Nc1cc(Br)ccc1Cl)c1ccc(Cl)c(Cl)c1. The largest absolute Gasteiger partial charge is 0.321 e. The zero-order chi connectivity index (χ0) is 14.0. The van der Waals surface area contributed by atoms with E-state index in [1.807, 2.05) is 0 Å². The number of halogens is 4. The first-order valence-electron chi connectivity index (χ1n) is 5.19. The van der Waals surface area contributed by atoms with Gasteiger partial charge in [-0.05, 0) is 36.4 Å². The van der Waals surface area contributed by atoms with Crippen molar-refractivity contribution in [1.82, 2.24) is 0 Å². The molecule has 0 saturated carbocycles. The minimum Gasteiger partial charge on any atom is -0.321 e. The second-order valence-electron chi connectivity index (χ2n) is 3.71. The lowest BCUT2D eigenvalue weighted by Gasteiger charge is -2.08. The van der Waals surface area contributed by atoms with Crippen LogP contribution in [0.3, 0.4) is 0 Å². The summed E-state index contributed by atoms with van der Waals surface area (Å²) >= 11 is 21.0. The van der Waals surface area contributed by atoms with E-state index in [4.69, 9.17) is 34.8 Å². The quantitative estimate of drug-likeness (QED) is 0.716. The lowest BCUT2D eigenvalue weighted by molar-refractivity contribution is 0.102. The predicted octanol–water partition coefficient (Wildman–Crippen LogP) is 5.66. The summed E-state index contributed by atoms with van der Waals surface area (Å²) in [5.74, 6) is -0.307. The zero-order valence-corrected chi connectivity index (χ0v) is 13.2. The van der Waals surface area contributed by atoms with Crippen molar-refractivity contribution in [1.29, 1.82) is 0 Å². The molecule has 0 aliphatic rings. The molecule has 0 aliphatic heterocycles. The lowest BCUT2D eigenvalue weighted by Crippen LogP contribution is -2.12. The van der Waals surface area contributed by atoms with Gasteiger partial charge in [0.2, 0.25) is 0 Å². The standard InChI is InChI=1S/C13H7BrCl3NO/c14-8-2-4-10(16)12(6-8)18-13(19)7-1-3-9(15)11(17)5-7/h1-6H,(H,18,19). The number of nitrogens with one attached hydrogen (secondary N) is 1. The Kier molecular flexibility index (Phi) is 4.74. The van der Waals surface area contributed by atoms with Gasteiger partial charge in [-0.25, -0.2) is 0 Å².